The number of carboxylic acid groups (broad SMARTS) is 1. The lowest BCUT2D eigenvalue weighted by Crippen LogP contribution is -2.02. The van der Waals surface area contributed by atoms with Gasteiger partial charge in [-0.15, -0.1) is 0 Å². The average molecular weight is 268 g/mol. The average Bonchev–Trinajstić information content (AvgIpc) is 2.34. The van der Waals surface area contributed by atoms with E-state index in [1.165, 1.54) is 19.3 Å². The Kier molecular flexibility index (Phi) is 9.49. The maximum atomic E-state index is 10.7. The molecule has 0 unspecified atom stereocenters. The van der Waals surface area contributed by atoms with E-state index in [9.17, 15) is 9.59 Å². The zero-order valence-corrected chi connectivity index (χ0v) is 12.1. The second kappa shape index (κ2) is 10.4. The van der Waals surface area contributed by atoms with Crippen LogP contribution >= 0.6 is 0 Å². The minimum absolute atomic E-state index is 0.121. The van der Waals surface area contributed by atoms with Gasteiger partial charge < -0.3 is 9.84 Å². The largest absolute Gasteiger partial charge is 0.481 e. The highest BCUT2D eigenvalue weighted by molar-refractivity contribution is 5.70. The Morgan fingerprint density at radius 1 is 1.21 bits per heavy atom. The van der Waals surface area contributed by atoms with E-state index in [1.807, 2.05) is 13.0 Å². The molecular weight excluding hydrogens is 244 g/mol. The predicted octanol–water partition coefficient (Wildman–Crippen LogP) is 3.82. The van der Waals surface area contributed by atoms with Crippen LogP contribution in [0.15, 0.2) is 23.0 Å². The molecule has 0 aliphatic carbocycles. The summed E-state index contributed by atoms with van der Waals surface area (Å²) in [6.07, 6.45) is 7.49. The van der Waals surface area contributed by atoms with Crippen molar-refractivity contribution in [2.45, 2.75) is 59.3 Å². The van der Waals surface area contributed by atoms with Crippen LogP contribution in [-0.4, -0.2) is 17.5 Å². The molecule has 0 atom stereocenters. The number of rotatable bonds is 10. The minimum atomic E-state index is -0.930. The van der Waals surface area contributed by atoms with Gasteiger partial charge in [-0.25, -0.2) is 0 Å². The number of hydrogen-bond donors (Lipinski definition) is 1. The normalized spacial score (nSPS) is 12.9. The van der Waals surface area contributed by atoms with Crippen LogP contribution < -0.4 is 0 Å². The van der Waals surface area contributed by atoms with E-state index in [2.05, 4.69) is 6.92 Å². The molecule has 0 radical (unpaired) electrons. The van der Waals surface area contributed by atoms with Crippen molar-refractivity contribution in [3.63, 3.8) is 0 Å². The maximum absolute atomic E-state index is 10.7. The van der Waals surface area contributed by atoms with Gasteiger partial charge in [0.05, 0.1) is 6.42 Å². The molecule has 0 spiro atoms. The topological polar surface area (TPSA) is 63.6 Å². The zero-order valence-electron chi connectivity index (χ0n) is 12.1. The molecule has 0 aliphatic heterocycles. The van der Waals surface area contributed by atoms with Crippen LogP contribution in [0.5, 0.6) is 0 Å². The van der Waals surface area contributed by atoms with E-state index in [4.69, 9.17) is 9.84 Å². The Bertz CT molecular complexity index is 353. The van der Waals surface area contributed by atoms with E-state index in [0.29, 0.717) is 17.8 Å². The molecule has 0 fully saturated rings. The molecule has 0 aromatic carbocycles. The molecule has 0 amide bonds. The summed E-state index contributed by atoms with van der Waals surface area (Å²) in [5, 5.41) is 8.76. The molecule has 19 heavy (non-hydrogen) atoms. The molecule has 4 nitrogen and oxygen atoms in total. The first kappa shape index (κ1) is 17.4. The van der Waals surface area contributed by atoms with E-state index in [-0.39, 0.29) is 6.42 Å². The van der Waals surface area contributed by atoms with Gasteiger partial charge in [-0.3, -0.25) is 9.59 Å². The van der Waals surface area contributed by atoms with Gasteiger partial charge in [-0.05, 0) is 37.8 Å². The lowest BCUT2D eigenvalue weighted by Gasteiger charge is -2.09. The molecule has 1 N–H and O–H groups in total. The van der Waals surface area contributed by atoms with Crippen LogP contribution in [0.2, 0.25) is 0 Å². The molecule has 0 aliphatic rings. The summed E-state index contributed by atoms with van der Waals surface area (Å²) >= 11 is 0. The van der Waals surface area contributed by atoms with Crippen LogP contribution in [0, 0.1) is 0 Å². The summed E-state index contributed by atoms with van der Waals surface area (Å²) < 4.78 is 4.91. The molecule has 4 heteroatoms. The smallest absolute Gasteiger partial charge is 0.307 e. The molecule has 108 valence electrons. The van der Waals surface area contributed by atoms with Crippen molar-refractivity contribution in [1.82, 2.24) is 0 Å². The number of allylic oxidation sites excluding steroid dienone is 2. The number of aliphatic carboxylic acids is 1. The summed E-state index contributed by atoms with van der Waals surface area (Å²) in [6.45, 7) is 6.01. The third kappa shape index (κ3) is 8.19. The fraction of sp³-hybridized carbons (Fsp3) is 0.600. The second-order valence-corrected chi connectivity index (χ2v) is 4.63. The summed E-state index contributed by atoms with van der Waals surface area (Å²) in [6, 6.07) is 0. The first-order chi connectivity index (χ1) is 9.02. The van der Waals surface area contributed by atoms with E-state index < -0.39 is 5.97 Å². The standard InChI is InChI=1S/C15H24O4/c1-4-5-6-7-8-9-12(2)15(19-11-16)13(3)10-14(17)18/h9,11H,4-8,10H2,1-3H3,(H,17,18). The molecule has 0 saturated heterocycles. The molecule has 0 saturated carbocycles. The number of ether oxygens (including phenoxy) is 1. The Morgan fingerprint density at radius 3 is 2.42 bits per heavy atom. The first-order valence-corrected chi connectivity index (χ1v) is 6.71. The van der Waals surface area contributed by atoms with Crippen molar-refractivity contribution in [2.75, 3.05) is 0 Å². The van der Waals surface area contributed by atoms with Crippen molar-refractivity contribution in [3.05, 3.63) is 23.0 Å². The monoisotopic (exact) mass is 268 g/mol. The quantitative estimate of drug-likeness (QED) is 0.283. The molecule has 0 bridgehead atoms. The minimum Gasteiger partial charge on any atom is -0.481 e. The molecule has 0 rings (SSSR count). The number of carboxylic acids is 1. The van der Waals surface area contributed by atoms with Crippen LogP contribution in [0.25, 0.3) is 0 Å². The number of unbranched alkanes of at least 4 members (excludes halogenated alkanes) is 4. The number of carbonyl (C=O) groups excluding carboxylic acids is 1. The van der Waals surface area contributed by atoms with Gasteiger partial charge in [0.2, 0.25) is 0 Å². The summed E-state index contributed by atoms with van der Waals surface area (Å²) in [5.74, 6) is -0.548. The van der Waals surface area contributed by atoms with Gasteiger partial charge in [-0.1, -0.05) is 32.3 Å². The van der Waals surface area contributed by atoms with Crippen molar-refractivity contribution in [1.29, 1.82) is 0 Å². The summed E-state index contributed by atoms with van der Waals surface area (Å²) in [5.41, 5.74) is 1.38. The van der Waals surface area contributed by atoms with Gasteiger partial charge in [0.1, 0.15) is 5.76 Å². The van der Waals surface area contributed by atoms with E-state index in [0.717, 1.165) is 18.4 Å². The third-order valence-corrected chi connectivity index (χ3v) is 2.84. The molecule has 0 aromatic rings. The zero-order chi connectivity index (χ0) is 14.7. The lowest BCUT2D eigenvalue weighted by atomic mass is 10.1. The van der Waals surface area contributed by atoms with Gasteiger partial charge in [-0.2, -0.15) is 0 Å². The van der Waals surface area contributed by atoms with Crippen LogP contribution in [0.1, 0.15) is 59.3 Å². The Balaban J connectivity index is 4.63. The van der Waals surface area contributed by atoms with Crippen molar-refractivity contribution >= 4 is 12.4 Å². The fourth-order valence-electron chi connectivity index (χ4n) is 1.87. The van der Waals surface area contributed by atoms with Crippen LogP contribution in [-0.2, 0) is 14.3 Å². The Morgan fingerprint density at radius 2 is 1.89 bits per heavy atom. The van der Waals surface area contributed by atoms with Crippen molar-refractivity contribution in [2.24, 2.45) is 0 Å². The molecule has 0 aromatic heterocycles. The second-order valence-electron chi connectivity index (χ2n) is 4.63. The SMILES string of the molecule is CCCCCCC=C(C)C(OC=O)=C(C)CC(=O)O. The van der Waals surface area contributed by atoms with Crippen LogP contribution in [0.3, 0.4) is 0 Å². The van der Waals surface area contributed by atoms with Gasteiger partial charge >= 0.3 is 5.97 Å². The molecule has 0 heterocycles. The highest BCUT2D eigenvalue weighted by Crippen LogP contribution is 2.19. The highest BCUT2D eigenvalue weighted by Gasteiger charge is 2.09. The lowest BCUT2D eigenvalue weighted by molar-refractivity contribution is -0.136. The third-order valence-electron chi connectivity index (χ3n) is 2.84. The fourth-order valence-corrected chi connectivity index (χ4v) is 1.87. The van der Waals surface area contributed by atoms with Crippen LogP contribution in [0.4, 0.5) is 0 Å². The van der Waals surface area contributed by atoms with Crippen molar-refractivity contribution in [3.8, 4) is 0 Å². The maximum Gasteiger partial charge on any atom is 0.307 e. The van der Waals surface area contributed by atoms with E-state index >= 15 is 0 Å². The predicted molar refractivity (Wildman–Crippen MR) is 74.6 cm³/mol. The van der Waals surface area contributed by atoms with Gasteiger partial charge in [0.25, 0.3) is 6.47 Å². The number of carbonyl (C=O) groups is 2. The molecular formula is C15H24O4. The summed E-state index contributed by atoms with van der Waals surface area (Å²) in [4.78, 5) is 21.2. The first-order valence-electron chi connectivity index (χ1n) is 6.71. The van der Waals surface area contributed by atoms with Crippen molar-refractivity contribution < 1.29 is 19.4 Å². The Labute approximate surface area is 115 Å². The number of hydrogen-bond acceptors (Lipinski definition) is 3. The highest BCUT2D eigenvalue weighted by atomic mass is 16.5. The Hall–Kier alpha value is -1.58. The van der Waals surface area contributed by atoms with Gasteiger partial charge in [0, 0.05) is 0 Å². The van der Waals surface area contributed by atoms with E-state index in [1.54, 1.807) is 6.92 Å². The summed E-state index contributed by atoms with van der Waals surface area (Å²) in [7, 11) is 0. The van der Waals surface area contributed by atoms with Gasteiger partial charge in [0.15, 0.2) is 0 Å².